The van der Waals surface area contributed by atoms with Crippen molar-refractivity contribution in [3.63, 3.8) is 0 Å². The number of β-amino-alcohol motifs (C(OH)–C–C–N with tert-alkyl or cyclic N) is 1. The van der Waals surface area contributed by atoms with Gasteiger partial charge in [0.15, 0.2) is 0 Å². The number of aromatic nitrogens is 3. The lowest BCUT2D eigenvalue weighted by molar-refractivity contribution is -0.144. The van der Waals surface area contributed by atoms with Crippen LogP contribution >= 0.6 is 0 Å². The summed E-state index contributed by atoms with van der Waals surface area (Å²) in [5.74, 6) is 0.149. The Morgan fingerprint density at radius 3 is 2.71 bits per heavy atom. The average Bonchev–Trinajstić information content (AvgIpc) is 3.12. The average molecular weight is 328 g/mol. The molecular formula is C18H24N4O2. The minimum Gasteiger partial charge on any atom is -0.391 e. The van der Waals surface area contributed by atoms with E-state index in [2.05, 4.69) is 22.2 Å². The molecule has 0 unspecified atom stereocenters. The second-order valence-electron chi connectivity index (χ2n) is 6.96. The van der Waals surface area contributed by atoms with E-state index in [-0.39, 0.29) is 11.8 Å². The van der Waals surface area contributed by atoms with Gasteiger partial charge in [-0.15, -0.1) is 0 Å². The zero-order chi connectivity index (χ0) is 17.2. The summed E-state index contributed by atoms with van der Waals surface area (Å²) in [4.78, 5) is 18.5. The largest absolute Gasteiger partial charge is 0.391 e. The van der Waals surface area contributed by atoms with Gasteiger partial charge in [0.2, 0.25) is 5.91 Å². The normalized spacial score (nSPS) is 21.7. The third-order valence-electron chi connectivity index (χ3n) is 4.86. The summed E-state index contributed by atoms with van der Waals surface area (Å²) >= 11 is 0. The van der Waals surface area contributed by atoms with E-state index >= 15 is 0 Å². The number of benzene rings is 1. The van der Waals surface area contributed by atoms with Crippen LogP contribution in [0.25, 0.3) is 0 Å². The molecule has 128 valence electrons. The Hall–Kier alpha value is -2.21. The lowest BCUT2D eigenvalue weighted by Crippen LogP contribution is -2.54. The highest BCUT2D eigenvalue weighted by Crippen LogP contribution is 2.25. The highest BCUT2D eigenvalue weighted by Gasteiger charge is 2.38. The molecule has 0 spiro atoms. The van der Waals surface area contributed by atoms with E-state index in [1.165, 1.54) is 11.9 Å². The van der Waals surface area contributed by atoms with Crippen molar-refractivity contribution in [2.45, 2.75) is 38.3 Å². The summed E-state index contributed by atoms with van der Waals surface area (Å²) in [5.41, 5.74) is 0.423. The maximum atomic E-state index is 12.9. The summed E-state index contributed by atoms with van der Waals surface area (Å²) in [6.07, 6.45) is 4.12. The van der Waals surface area contributed by atoms with Crippen LogP contribution in [0.5, 0.6) is 0 Å². The molecule has 0 aliphatic carbocycles. The standard InChI is InChI=1S/C18H24N4O2/c1-18(2,22-13-19-12-20-22)17(24)21-9-8-15(16(23)11-21)10-14-6-4-3-5-7-14/h3-7,12-13,15-16,23H,8-11H2,1-2H3/t15-,16+/m1/s1. The highest BCUT2D eigenvalue weighted by molar-refractivity contribution is 5.83. The van der Waals surface area contributed by atoms with Gasteiger partial charge in [0, 0.05) is 13.1 Å². The van der Waals surface area contributed by atoms with Gasteiger partial charge in [-0.05, 0) is 38.2 Å². The van der Waals surface area contributed by atoms with E-state index < -0.39 is 11.6 Å². The fourth-order valence-corrected chi connectivity index (χ4v) is 3.30. The second kappa shape index (κ2) is 6.73. The van der Waals surface area contributed by atoms with E-state index in [0.717, 1.165) is 12.8 Å². The van der Waals surface area contributed by atoms with Crippen LogP contribution in [0.15, 0.2) is 43.0 Å². The molecule has 0 radical (unpaired) electrons. The van der Waals surface area contributed by atoms with Crippen molar-refractivity contribution >= 4 is 5.91 Å². The lowest BCUT2D eigenvalue weighted by Gasteiger charge is -2.39. The Kier molecular flexibility index (Phi) is 4.66. The molecule has 1 amide bonds. The number of piperidine rings is 1. The summed E-state index contributed by atoms with van der Waals surface area (Å²) < 4.78 is 1.57. The third kappa shape index (κ3) is 3.33. The number of aliphatic hydroxyl groups is 1. The van der Waals surface area contributed by atoms with Gasteiger partial charge in [0.1, 0.15) is 18.2 Å². The molecule has 1 N–H and O–H groups in total. The summed E-state index contributed by atoms with van der Waals surface area (Å²) in [7, 11) is 0. The van der Waals surface area contributed by atoms with Crippen LogP contribution in [0.1, 0.15) is 25.8 Å². The van der Waals surface area contributed by atoms with Gasteiger partial charge < -0.3 is 10.0 Å². The van der Waals surface area contributed by atoms with Crippen LogP contribution in [-0.2, 0) is 16.8 Å². The van der Waals surface area contributed by atoms with Crippen molar-refractivity contribution < 1.29 is 9.90 Å². The molecular weight excluding hydrogens is 304 g/mol. The van der Waals surface area contributed by atoms with Crippen molar-refractivity contribution in [3.8, 4) is 0 Å². The predicted molar refractivity (Wildman–Crippen MR) is 90.2 cm³/mol. The molecule has 0 bridgehead atoms. The topological polar surface area (TPSA) is 71.2 Å². The summed E-state index contributed by atoms with van der Waals surface area (Å²) in [6, 6.07) is 10.2. The van der Waals surface area contributed by atoms with E-state index in [4.69, 9.17) is 0 Å². The number of hydrogen-bond acceptors (Lipinski definition) is 4. The van der Waals surface area contributed by atoms with Crippen molar-refractivity contribution in [3.05, 3.63) is 48.5 Å². The Balaban J connectivity index is 1.64. The van der Waals surface area contributed by atoms with Gasteiger partial charge in [-0.1, -0.05) is 30.3 Å². The van der Waals surface area contributed by atoms with E-state index in [1.54, 1.807) is 15.9 Å². The van der Waals surface area contributed by atoms with Crippen molar-refractivity contribution in [1.29, 1.82) is 0 Å². The molecule has 3 rings (SSSR count). The Bertz CT molecular complexity index is 670. The fraction of sp³-hybridized carbons (Fsp3) is 0.500. The molecule has 1 aliphatic heterocycles. The Morgan fingerprint density at radius 2 is 2.08 bits per heavy atom. The molecule has 6 heteroatoms. The quantitative estimate of drug-likeness (QED) is 0.922. The second-order valence-corrected chi connectivity index (χ2v) is 6.96. The van der Waals surface area contributed by atoms with Crippen LogP contribution in [0.2, 0.25) is 0 Å². The molecule has 2 heterocycles. The molecule has 1 aliphatic rings. The van der Waals surface area contributed by atoms with Crippen molar-refractivity contribution in [2.24, 2.45) is 5.92 Å². The molecule has 0 saturated carbocycles. The van der Waals surface area contributed by atoms with Crippen LogP contribution in [-0.4, -0.2) is 49.9 Å². The minimum absolute atomic E-state index is 0.0368. The van der Waals surface area contributed by atoms with Gasteiger partial charge in [-0.2, -0.15) is 5.10 Å². The van der Waals surface area contributed by atoms with Gasteiger partial charge in [-0.3, -0.25) is 4.79 Å². The summed E-state index contributed by atoms with van der Waals surface area (Å²) in [6.45, 7) is 4.68. The third-order valence-corrected chi connectivity index (χ3v) is 4.86. The molecule has 1 fully saturated rings. The van der Waals surface area contributed by atoms with Crippen LogP contribution in [0.4, 0.5) is 0 Å². The van der Waals surface area contributed by atoms with Gasteiger partial charge in [-0.25, -0.2) is 9.67 Å². The molecule has 2 aromatic rings. The number of amides is 1. The minimum atomic E-state index is -0.803. The number of rotatable bonds is 4. The van der Waals surface area contributed by atoms with Crippen LogP contribution < -0.4 is 0 Å². The van der Waals surface area contributed by atoms with Gasteiger partial charge >= 0.3 is 0 Å². The fourth-order valence-electron chi connectivity index (χ4n) is 3.30. The summed E-state index contributed by atoms with van der Waals surface area (Å²) in [5, 5.41) is 14.6. The van der Waals surface area contributed by atoms with E-state index in [0.29, 0.717) is 13.1 Å². The van der Waals surface area contributed by atoms with E-state index in [9.17, 15) is 9.90 Å². The number of nitrogens with zero attached hydrogens (tertiary/aromatic N) is 4. The number of aliphatic hydroxyl groups excluding tert-OH is 1. The van der Waals surface area contributed by atoms with Crippen molar-refractivity contribution in [2.75, 3.05) is 13.1 Å². The smallest absolute Gasteiger partial charge is 0.250 e. The van der Waals surface area contributed by atoms with E-state index in [1.807, 2.05) is 32.0 Å². The van der Waals surface area contributed by atoms with Crippen molar-refractivity contribution in [1.82, 2.24) is 19.7 Å². The first-order chi connectivity index (χ1) is 11.5. The van der Waals surface area contributed by atoms with Gasteiger partial charge in [0.25, 0.3) is 0 Å². The number of carbonyl (C=O) groups is 1. The molecule has 24 heavy (non-hydrogen) atoms. The maximum Gasteiger partial charge on any atom is 0.250 e. The molecule has 1 aromatic carbocycles. The maximum absolute atomic E-state index is 12.9. The monoisotopic (exact) mass is 328 g/mol. The zero-order valence-corrected chi connectivity index (χ0v) is 14.2. The first-order valence-electron chi connectivity index (χ1n) is 8.35. The SMILES string of the molecule is CC(C)(C(=O)N1CC[C@H](Cc2ccccc2)[C@@H](O)C1)n1cncn1. The molecule has 2 atom stereocenters. The molecule has 6 nitrogen and oxygen atoms in total. The first kappa shape index (κ1) is 16.6. The van der Waals surface area contributed by atoms with Gasteiger partial charge in [0.05, 0.1) is 6.10 Å². The molecule has 1 saturated heterocycles. The zero-order valence-electron chi connectivity index (χ0n) is 14.2. The number of carbonyl (C=O) groups excluding carboxylic acids is 1. The Labute approximate surface area is 142 Å². The van der Waals surface area contributed by atoms with Crippen LogP contribution in [0.3, 0.4) is 0 Å². The lowest BCUT2D eigenvalue weighted by atomic mass is 9.87. The number of hydrogen-bond donors (Lipinski definition) is 1. The highest BCUT2D eigenvalue weighted by atomic mass is 16.3. The number of likely N-dealkylation sites (tertiary alicyclic amines) is 1. The molecule has 1 aromatic heterocycles. The predicted octanol–water partition coefficient (Wildman–Crippen LogP) is 1.47. The van der Waals surface area contributed by atoms with Crippen LogP contribution in [0, 0.1) is 5.92 Å². The first-order valence-corrected chi connectivity index (χ1v) is 8.35. The Morgan fingerprint density at radius 1 is 1.33 bits per heavy atom.